The maximum atomic E-state index is 10.0. The molecule has 0 aliphatic rings. The quantitative estimate of drug-likeness (QED) is 0.819. The van der Waals surface area contributed by atoms with Gasteiger partial charge in [-0.05, 0) is 23.3 Å². The minimum absolute atomic E-state index is 0.580. The predicted molar refractivity (Wildman–Crippen MR) is 62.0 cm³/mol. The smallest absolute Gasteiger partial charge is 0.104 e. The summed E-state index contributed by atoms with van der Waals surface area (Å²) in [4.78, 5) is 0. The second-order valence-corrected chi connectivity index (χ2v) is 3.80. The average Bonchev–Trinajstić information content (AvgIpc) is 2.30. The highest BCUT2D eigenvalue weighted by Gasteiger charge is 2.08. The Morgan fingerprint density at radius 2 is 1.33 bits per heavy atom. The molecule has 0 bridgehead atoms. The molecule has 1 atom stereocenters. The molecule has 2 heteroatoms. The van der Waals surface area contributed by atoms with Crippen LogP contribution in [-0.2, 0) is 0 Å². The second kappa shape index (κ2) is 4.47. The van der Waals surface area contributed by atoms with Crippen molar-refractivity contribution in [1.29, 1.82) is 0 Å². The molecule has 1 nitrogen and oxygen atoms in total. The van der Waals surface area contributed by atoms with Crippen molar-refractivity contribution in [3.63, 3.8) is 0 Å². The van der Waals surface area contributed by atoms with E-state index in [1.165, 1.54) is 0 Å². The van der Waals surface area contributed by atoms with Crippen molar-refractivity contribution in [2.75, 3.05) is 0 Å². The number of halogens is 1. The normalized spacial score (nSPS) is 12.4. The number of aliphatic hydroxyl groups is 1. The van der Waals surface area contributed by atoms with Crippen LogP contribution in [0.5, 0.6) is 0 Å². The summed E-state index contributed by atoms with van der Waals surface area (Å²) >= 11 is 5.78. The van der Waals surface area contributed by atoms with E-state index in [4.69, 9.17) is 11.6 Å². The van der Waals surface area contributed by atoms with E-state index < -0.39 is 6.10 Å². The lowest BCUT2D eigenvalue weighted by Crippen LogP contribution is -1.98. The highest BCUT2D eigenvalue weighted by atomic mass is 35.5. The third kappa shape index (κ3) is 2.38. The lowest BCUT2D eigenvalue weighted by Gasteiger charge is -2.10. The summed E-state index contributed by atoms with van der Waals surface area (Å²) < 4.78 is 0. The van der Waals surface area contributed by atoms with E-state index in [1.807, 2.05) is 42.5 Å². The second-order valence-electron chi connectivity index (χ2n) is 3.36. The molecule has 2 aromatic carbocycles. The van der Waals surface area contributed by atoms with Gasteiger partial charge in [0, 0.05) is 5.02 Å². The van der Waals surface area contributed by atoms with E-state index in [-0.39, 0.29) is 0 Å². The van der Waals surface area contributed by atoms with Crippen LogP contribution in [-0.4, -0.2) is 5.11 Å². The SMILES string of the molecule is O[C@H](c1ccccc1)c1ccc(Cl)cc1. The zero-order valence-electron chi connectivity index (χ0n) is 8.10. The molecule has 0 aliphatic heterocycles. The topological polar surface area (TPSA) is 20.2 Å². The summed E-state index contributed by atoms with van der Waals surface area (Å²) in [7, 11) is 0. The summed E-state index contributed by atoms with van der Waals surface area (Å²) in [5.41, 5.74) is 1.74. The predicted octanol–water partition coefficient (Wildman–Crippen LogP) is 3.42. The Kier molecular flexibility index (Phi) is 3.05. The molecular formula is C13H11ClO. The lowest BCUT2D eigenvalue weighted by molar-refractivity contribution is 0.220. The molecule has 0 saturated heterocycles. The Morgan fingerprint density at radius 3 is 1.93 bits per heavy atom. The minimum atomic E-state index is -0.580. The molecule has 0 aromatic heterocycles. The first-order valence-corrected chi connectivity index (χ1v) is 5.13. The molecule has 0 amide bonds. The van der Waals surface area contributed by atoms with E-state index in [1.54, 1.807) is 12.1 Å². The molecule has 0 spiro atoms. The Balaban J connectivity index is 2.29. The van der Waals surface area contributed by atoms with Crippen molar-refractivity contribution in [2.24, 2.45) is 0 Å². The van der Waals surface area contributed by atoms with Gasteiger partial charge in [0.1, 0.15) is 6.10 Å². The molecule has 0 fully saturated rings. The highest BCUT2D eigenvalue weighted by molar-refractivity contribution is 6.30. The van der Waals surface area contributed by atoms with Crippen molar-refractivity contribution < 1.29 is 5.11 Å². The third-order valence-corrected chi connectivity index (χ3v) is 2.55. The molecule has 15 heavy (non-hydrogen) atoms. The van der Waals surface area contributed by atoms with Gasteiger partial charge >= 0.3 is 0 Å². The molecule has 76 valence electrons. The largest absolute Gasteiger partial charge is 0.384 e. The Morgan fingerprint density at radius 1 is 0.800 bits per heavy atom. The number of hydrogen-bond donors (Lipinski definition) is 1. The third-order valence-electron chi connectivity index (χ3n) is 2.30. The van der Waals surface area contributed by atoms with Crippen LogP contribution in [0.2, 0.25) is 5.02 Å². The van der Waals surface area contributed by atoms with E-state index >= 15 is 0 Å². The van der Waals surface area contributed by atoms with E-state index in [0.29, 0.717) is 5.02 Å². The summed E-state index contributed by atoms with van der Waals surface area (Å²) in [5, 5.41) is 10.7. The average molecular weight is 219 g/mol. The van der Waals surface area contributed by atoms with Crippen molar-refractivity contribution >= 4 is 11.6 Å². The number of rotatable bonds is 2. The number of benzene rings is 2. The highest BCUT2D eigenvalue weighted by Crippen LogP contribution is 2.22. The summed E-state index contributed by atoms with van der Waals surface area (Å²) in [6.45, 7) is 0. The van der Waals surface area contributed by atoms with Crippen LogP contribution in [0.1, 0.15) is 17.2 Å². The standard InChI is InChI=1S/C13H11ClO/c14-12-8-6-11(7-9-12)13(15)10-4-2-1-3-5-10/h1-9,13,15H/t13-/m1/s1. The Bertz CT molecular complexity index is 422. The van der Waals surface area contributed by atoms with Crippen LogP contribution in [0, 0.1) is 0 Å². The Labute approximate surface area is 94.0 Å². The molecule has 0 saturated carbocycles. The van der Waals surface area contributed by atoms with Gasteiger partial charge in [0.05, 0.1) is 0 Å². The van der Waals surface area contributed by atoms with Gasteiger partial charge in [-0.1, -0.05) is 54.1 Å². The molecule has 2 rings (SSSR count). The van der Waals surface area contributed by atoms with Crippen LogP contribution in [0.4, 0.5) is 0 Å². The first-order valence-electron chi connectivity index (χ1n) is 4.76. The molecule has 0 heterocycles. The van der Waals surface area contributed by atoms with Crippen LogP contribution < -0.4 is 0 Å². The zero-order valence-corrected chi connectivity index (χ0v) is 8.85. The van der Waals surface area contributed by atoms with Gasteiger partial charge in [-0.2, -0.15) is 0 Å². The number of hydrogen-bond acceptors (Lipinski definition) is 1. The van der Waals surface area contributed by atoms with Gasteiger partial charge < -0.3 is 5.11 Å². The number of aliphatic hydroxyl groups excluding tert-OH is 1. The van der Waals surface area contributed by atoms with Crippen molar-refractivity contribution in [1.82, 2.24) is 0 Å². The van der Waals surface area contributed by atoms with Gasteiger partial charge in [0.25, 0.3) is 0 Å². The minimum Gasteiger partial charge on any atom is -0.384 e. The van der Waals surface area contributed by atoms with Crippen LogP contribution in [0.3, 0.4) is 0 Å². The van der Waals surface area contributed by atoms with E-state index in [9.17, 15) is 5.11 Å². The first kappa shape index (κ1) is 10.2. The van der Waals surface area contributed by atoms with Crippen molar-refractivity contribution in [2.45, 2.75) is 6.10 Å². The maximum absolute atomic E-state index is 10.0. The fourth-order valence-electron chi connectivity index (χ4n) is 1.47. The molecule has 1 N–H and O–H groups in total. The molecule has 0 radical (unpaired) electrons. The van der Waals surface area contributed by atoms with Gasteiger partial charge in [-0.3, -0.25) is 0 Å². The summed E-state index contributed by atoms with van der Waals surface area (Å²) in [5.74, 6) is 0. The Hall–Kier alpha value is -1.31. The van der Waals surface area contributed by atoms with Crippen LogP contribution in [0.15, 0.2) is 54.6 Å². The summed E-state index contributed by atoms with van der Waals surface area (Å²) in [6, 6.07) is 16.8. The monoisotopic (exact) mass is 218 g/mol. The lowest BCUT2D eigenvalue weighted by atomic mass is 10.0. The van der Waals surface area contributed by atoms with Gasteiger partial charge in [-0.25, -0.2) is 0 Å². The molecule has 2 aromatic rings. The molecule has 0 unspecified atom stereocenters. The van der Waals surface area contributed by atoms with Crippen molar-refractivity contribution in [3.05, 3.63) is 70.7 Å². The van der Waals surface area contributed by atoms with Gasteiger partial charge in [0.15, 0.2) is 0 Å². The van der Waals surface area contributed by atoms with E-state index in [0.717, 1.165) is 11.1 Å². The van der Waals surface area contributed by atoms with Crippen LogP contribution >= 0.6 is 11.6 Å². The fourth-order valence-corrected chi connectivity index (χ4v) is 1.60. The van der Waals surface area contributed by atoms with E-state index in [2.05, 4.69) is 0 Å². The van der Waals surface area contributed by atoms with Crippen molar-refractivity contribution in [3.8, 4) is 0 Å². The maximum Gasteiger partial charge on any atom is 0.104 e. The molecule has 0 aliphatic carbocycles. The van der Waals surface area contributed by atoms with Gasteiger partial charge in [0.2, 0.25) is 0 Å². The first-order chi connectivity index (χ1) is 7.27. The molecular weight excluding hydrogens is 208 g/mol. The van der Waals surface area contributed by atoms with Gasteiger partial charge in [-0.15, -0.1) is 0 Å². The summed E-state index contributed by atoms with van der Waals surface area (Å²) in [6.07, 6.45) is -0.580. The zero-order chi connectivity index (χ0) is 10.7. The fraction of sp³-hybridized carbons (Fsp3) is 0.0769. The van der Waals surface area contributed by atoms with Crippen LogP contribution in [0.25, 0.3) is 0 Å².